The predicted molar refractivity (Wildman–Crippen MR) is 359 cm³/mol. The molecular weight excluding hydrogens is 1030 g/mol. The molecule has 1 aliphatic rings. The second kappa shape index (κ2) is 20.5. The number of hydrogen-bond acceptors (Lipinski definition) is 3. The molecule has 1 heterocycles. The molecule has 1 aliphatic carbocycles. The summed E-state index contributed by atoms with van der Waals surface area (Å²) < 4.78 is 6.88. The quantitative estimate of drug-likeness (QED) is 0.129. The first-order valence-electron chi connectivity index (χ1n) is 29.3. The van der Waals surface area contributed by atoms with E-state index in [9.17, 15) is 0 Å². The van der Waals surface area contributed by atoms with E-state index in [1.54, 1.807) is 0 Å². The highest BCUT2D eigenvalue weighted by atomic mass is 16.3. The highest BCUT2D eigenvalue weighted by Crippen LogP contribution is 2.66. The molecule has 400 valence electrons. The van der Waals surface area contributed by atoms with Crippen LogP contribution in [0.5, 0.6) is 0 Å². The smallest absolute Gasteiger partial charge is 0.159 e. The first-order valence-corrected chi connectivity index (χ1v) is 29.3. The van der Waals surface area contributed by atoms with Gasteiger partial charge in [0.25, 0.3) is 0 Å². The van der Waals surface area contributed by atoms with Gasteiger partial charge in [0.05, 0.1) is 5.69 Å². The second-order valence-corrected chi connectivity index (χ2v) is 22.3. The summed E-state index contributed by atoms with van der Waals surface area (Å²) in [6.07, 6.45) is 0. The maximum Gasteiger partial charge on any atom is 0.159 e. The van der Waals surface area contributed by atoms with E-state index in [4.69, 9.17) is 4.42 Å². The van der Waals surface area contributed by atoms with E-state index in [0.29, 0.717) is 0 Å². The van der Waals surface area contributed by atoms with Gasteiger partial charge in [-0.2, -0.15) is 0 Å². The van der Waals surface area contributed by atoms with Crippen LogP contribution in [-0.2, 0) is 0 Å². The number of furan rings is 1. The average molecular weight is 1090 g/mol. The number of hydrogen-bond donors (Lipinski definition) is 0. The van der Waals surface area contributed by atoms with Crippen LogP contribution in [0.4, 0.5) is 34.1 Å². The minimum Gasteiger partial charge on any atom is -0.454 e. The molecule has 85 heavy (non-hydrogen) atoms. The summed E-state index contributed by atoms with van der Waals surface area (Å²) in [5.41, 5.74) is 27.4. The van der Waals surface area contributed by atoms with E-state index in [2.05, 4.69) is 327 Å². The summed E-state index contributed by atoms with van der Waals surface area (Å²) in [6.45, 7) is 4.44. The molecule has 0 bridgehead atoms. The third-order valence-corrected chi connectivity index (χ3v) is 17.4. The number of para-hydroxylation sites is 4. The van der Waals surface area contributed by atoms with Crippen molar-refractivity contribution in [1.29, 1.82) is 0 Å². The van der Waals surface area contributed by atoms with Crippen molar-refractivity contribution in [2.45, 2.75) is 13.8 Å². The molecule has 0 spiro atoms. The van der Waals surface area contributed by atoms with E-state index in [1.807, 2.05) is 0 Å². The van der Waals surface area contributed by atoms with Crippen LogP contribution in [0.3, 0.4) is 0 Å². The van der Waals surface area contributed by atoms with Crippen molar-refractivity contribution in [3.8, 4) is 77.9 Å². The van der Waals surface area contributed by atoms with Gasteiger partial charge in [0.2, 0.25) is 0 Å². The number of nitrogens with zero attached hydrogens (tertiary/aromatic N) is 2. The van der Waals surface area contributed by atoms with Gasteiger partial charge in [0.1, 0.15) is 5.58 Å². The summed E-state index contributed by atoms with van der Waals surface area (Å²) in [7, 11) is 0. The zero-order chi connectivity index (χ0) is 56.5. The lowest BCUT2D eigenvalue weighted by Gasteiger charge is -2.38. The summed E-state index contributed by atoms with van der Waals surface area (Å²) in [5.74, 6) is 0. The third kappa shape index (κ3) is 8.19. The van der Waals surface area contributed by atoms with Crippen LogP contribution in [-0.4, -0.2) is 0 Å². The maximum absolute atomic E-state index is 6.88. The van der Waals surface area contributed by atoms with E-state index in [0.717, 1.165) is 67.2 Å². The Balaban J connectivity index is 1.04. The second-order valence-electron chi connectivity index (χ2n) is 22.3. The van der Waals surface area contributed by atoms with Crippen LogP contribution < -0.4 is 9.80 Å². The van der Waals surface area contributed by atoms with Crippen LogP contribution in [0.15, 0.2) is 308 Å². The SMILES string of the molecule is Cc1ccc(-c2ccccc2)cc1N(c1ccccc1)c1ccc2c(-c3ccccc3)c3c(c(-c4ccccc4)c2c1)-c1c-3c(-c2ccccc2)c2ccc(N(c3ccccc3C)c3cccc4c3oc3ccccc34)cc2c1-c1ccccc1. The van der Waals surface area contributed by atoms with Crippen molar-refractivity contribution in [3.63, 3.8) is 0 Å². The van der Waals surface area contributed by atoms with Gasteiger partial charge in [-0.3, -0.25) is 0 Å². The lowest BCUT2D eigenvalue weighted by molar-refractivity contribution is 0.669. The van der Waals surface area contributed by atoms with E-state index >= 15 is 0 Å². The summed E-state index contributed by atoms with van der Waals surface area (Å²) in [5, 5.41) is 6.92. The molecule has 0 saturated carbocycles. The van der Waals surface area contributed by atoms with Crippen molar-refractivity contribution >= 4 is 77.6 Å². The molecule has 15 aromatic rings. The number of rotatable bonds is 11. The van der Waals surface area contributed by atoms with Crippen LogP contribution in [0.1, 0.15) is 11.1 Å². The van der Waals surface area contributed by atoms with Gasteiger partial charge < -0.3 is 14.2 Å². The summed E-state index contributed by atoms with van der Waals surface area (Å²) in [6, 6.07) is 111. The van der Waals surface area contributed by atoms with Crippen molar-refractivity contribution in [2.24, 2.45) is 0 Å². The molecule has 0 unspecified atom stereocenters. The monoisotopic (exact) mass is 1080 g/mol. The van der Waals surface area contributed by atoms with E-state index in [1.165, 1.54) is 99.4 Å². The fraction of sp³-hybridized carbons (Fsp3) is 0.0244. The third-order valence-electron chi connectivity index (χ3n) is 17.4. The van der Waals surface area contributed by atoms with Crippen molar-refractivity contribution in [2.75, 3.05) is 9.80 Å². The van der Waals surface area contributed by atoms with Gasteiger partial charge in [-0.15, -0.1) is 0 Å². The van der Waals surface area contributed by atoms with Gasteiger partial charge in [-0.25, -0.2) is 0 Å². The Bertz CT molecular complexity index is 5050. The molecule has 0 amide bonds. The number of aryl methyl sites for hydroxylation is 2. The first-order chi connectivity index (χ1) is 42.1. The predicted octanol–water partition coefficient (Wildman–Crippen LogP) is 23.4. The van der Waals surface area contributed by atoms with Crippen LogP contribution in [0.2, 0.25) is 0 Å². The van der Waals surface area contributed by atoms with Crippen LogP contribution >= 0.6 is 0 Å². The Morgan fingerprint density at radius 1 is 0.224 bits per heavy atom. The summed E-state index contributed by atoms with van der Waals surface area (Å²) >= 11 is 0. The van der Waals surface area contributed by atoms with Crippen molar-refractivity contribution < 1.29 is 4.42 Å². The van der Waals surface area contributed by atoms with Crippen LogP contribution in [0.25, 0.3) is 121 Å². The highest BCUT2D eigenvalue weighted by Gasteiger charge is 2.39. The Morgan fingerprint density at radius 3 is 1.16 bits per heavy atom. The van der Waals surface area contributed by atoms with Gasteiger partial charge in [0.15, 0.2) is 5.58 Å². The van der Waals surface area contributed by atoms with Gasteiger partial charge >= 0.3 is 0 Å². The molecule has 0 aliphatic heterocycles. The van der Waals surface area contributed by atoms with Gasteiger partial charge in [-0.1, -0.05) is 243 Å². The van der Waals surface area contributed by atoms with Crippen molar-refractivity contribution in [1.82, 2.24) is 0 Å². The molecule has 0 fully saturated rings. The zero-order valence-corrected chi connectivity index (χ0v) is 47.2. The molecule has 16 rings (SSSR count). The Labute approximate surface area is 495 Å². The fourth-order valence-corrected chi connectivity index (χ4v) is 13.6. The Kier molecular flexibility index (Phi) is 12.0. The number of benzene rings is 14. The molecule has 14 aromatic carbocycles. The molecule has 3 nitrogen and oxygen atoms in total. The summed E-state index contributed by atoms with van der Waals surface area (Å²) in [4.78, 5) is 4.87. The number of anilines is 6. The lowest BCUT2D eigenvalue weighted by atomic mass is 9.65. The maximum atomic E-state index is 6.88. The van der Waals surface area contributed by atoms with Crippen LogP contribution in [0, 0.1) is 13.8 Å². The molecule has 0 radical (unpaired) electrons. The molecular formula is C82H56N2O. The normalized spacial score (nSPS) is 11.6. The molecule has 1 aromatic heterocycles. The zero-order valence-electron chi connectivity index (χ0n) is 47.2. The Morgan fingerprint density at radius 2 is 0.635 bits per heavy atom. The first kappa shape index (κ1) is 49.8. The molecule has 0 N–H and O–H groups in total. The van der Waals surface area contributed by atoms with Gasteiger partial charge in [0, 0.05) is 39.2 Å². The molecule has 3 heteroatoms. The highest BCUT2D eigenvalue weighted by molar-refractivity contribution is 6.33. The fourth-order valence-electron chi connectivity index (χ4n) is 13.6. The van der Waals surface area contributed by atoms with Gasteiger partial charge in [-0.05, 0) is 185 Å². The Hall–Kier alpha value is -11.0. The topological polar surface area (TPSA) is 19.6 Å². The average Bonchev–Trinajstić information content (AvgIpc) is 1.09. The largest absolute Gasteiger partial charge is 0.454 e. The minimum atomic E-state index is 0.850. The standard InChI is InChI=1S/C82H56N2O/c1-53-26-21-23-41-70(53)84(71-42-25-40-67-64-39-22-24-43-73(64)85-82(67)71)63-47-49-66-69(52-63)77(59-35-17-7-18-36-59)81-79(75(66)57-31-13-5-14-32-57)78-74(56-29-11-4-12-30-56)65-48-46-62(51-68(65)76(80(78)81)58-33-15-6-16-34-58)83(61-37-19-8-20-38-61)72-50-60(45-44-54(72)2)55-27-9-3-10-28-55/h3-52H,1-2H3. The lowest BCUT2D eigenvalue weighted by Crippen LogP contribution is -2.13. The molecule has 0 atom stereocenters. The van der Waals surface area contributed by atoms with E-state index in [-0.39, 0.29) is 0 Å². The number of fused-ring (bicyclic) bond motifs is 9. The van der Waals surface area contributed by atoms with Crippen molar-refractivity contribution in [3.05, 3.63) is 314 Å². The minimum absolute atomic E-state index is 0.850. The molecule has 0 saturated heterocycles. The van der Waals surface area contributed by atoms with E-state index < -0.39 is 0 Å².